The van der Waals surface area contributed by atoms with E-state index in [1.54, 1.807) is 42.5 Å². The highest BCUT2D eigenvalue weighted by Gasteiger charge is 2.33. The Bertz CT molecular complexity index is 1120. The number of nitrogens with one attached hydrogen (secondary N) is 1. The van der Waals surface area contributed by atoms with Gasteiger partial charge in [-0.1, -0.05) is 42.5 Å². The first-order chi connectivity index (χ1) is 14.1. The molecule has 29 heavy (non-hydrogen) atoms. The van der Waals surface area contributed by atoms with Crippen LogP contribution in [0.4, 0.5) is 5.69 Å². The van der Waals surface area contributed by atoms with Crippen LogP contribution in [-0.2, 0) is 0 Å². The minimum atomic E-state index is -0.376. The fourth-order valence-electron chi connectivity index (χ4n) is 3.35. The Kier molecular flexibility index (Phi) is 5.29. The molecule has 0 aliphatic heterocycles. The molecule has 0 radical (unpaired) electrons. The molecule has 0 aromatic heterocycles. The maximum atomic E-state index is 13.2. The standard InChI is InChI=1S/C23H17NO4S/c25-12-13-29-22-18(23(28)24-14-6-2-1-3-7-14)11-10-17-19(22)21(27)16-9-5-4-8-15(16)20(17)26/h1-11,25H,12-13H2,(H,24,28). The highest BCUT2D eigenvalue weighted by atomic mass is 32.2. The van der Waals surface area contributed by atoms with Crippen LogP contribution in [-0.4, -0.2) is 34.9 Å². The number of fused-ring (bicyclic) bond motifs is 2. The highest BCUT2D eigenvalue weighted by Crippen LogP contribution is 2.36. The van der Waals surface area contributed by atoms with Gasteiger partial charge in [0.1, 0.15) is 0 Å². The molecule has 3 aromatic carbocycles. The Hall–Kier alpha value is -3.22. The molecule has 0 bridgehead atoms. The lowest BCUT2D eigenvalue weighted by Crippen LogP contribution is -2.24. The number of amides is 1. The molecule has 6 heteroatoms. The molecule has 0 spiro atoms. The van der Waals surface area contributed by atoms with Crippen LogP contribution < -0.4 is 5.32 Å². The van der Waals surface area contributed by atoms with E-state index in [0.29, 0.717) is 33.0 Å². The second kappa shape index (κ2) is 8.03. The van der Waals surface area contributed by atoms with Crippen molar-refractivity contribution in [2.45, 2.75) is 4.90 Å². The van der Waals surface area contributed by atoms with Gasteiger partial charge < -0.3 is 10.4 Å². The van der Waals surface area contributed by atoms with E-state index in [0.717, 1.165) is 0 Å². The maximum absolute atomic E-state index is 13.2. The van der Waals surface area contributed by atoms with Crippen molar-refractivity contribution in [2.24, 2.45) is 0 Å². The molecule has 0 saturated carbocycles. The Balaban J connectivity index is 1.83. The van der Waals surface area contributed by atoms with Crippen molar-refractivity contribution in [3.05, 3.63) is 94.5 Å². The average molecular weight is 403 g/mol. The average Bonchev–Trinajstić information content (AvgIpc) is 2.76. The second-order valence-corrected chi connectivity index (χ2v) is 7.57. The lowest BCUT2D eigenvalue weighted by atomic mass is 9.83. The summed E-state index contributed by atoms with van der Waals surface area (Å²) in [5.41, 5.74) is 2.13. The Labute approximate surface area is 171 Å². The minimum absolute atomic E-state index is 0.118. The van der Waals surface area contributed by atoms with Gasteiger partial charge in [-0.2, -0.15) is 0 Å². The number of aliphatic hydroxyl groups excluding tert-OH is 1. The molecule has 4 rings (SSSR count). The van der Waals surface area contributed by atoms with Crippen LogP contribution in [0, 0.1) is 0 Å². The summed E-state index contributed by atoms with van der Waals surface area (Å²) in [6, 6.07) is 18.8. The van der Waals surface area contributed by atoms with Crippen molar-refractivity contribution >= 4 is 34.9 Å². The van der Waals surface area contributed by atoms with E-state index < -0.39 is 0 Å². The fraction of sp³-hybridized carbons (Fsp3) is 0.0870. The maximum Gasteiger partial charge on any atom is 0.256 e. The minimum Gasteiger partial charge on any atom is -0.396 e. The summed E-state index contributed by atoms with van der Waals surface area (Å²) >= 11 is 1.20. The van der Waals surface area contributed by atoms with Crippen molar-refractivity contribution in [1.29, 1.82) is 0 Å². The number of ketones is 2. The summed E-state index contributed by atoms with van der Waals surface area (Å²) < 4.78 is 0. The summed E-state index contributed by atoms with van der Waals surface area (Å²) in [7, 11) is 0. The van der Waals surface area contributed by atoms with Gasteiger partial charge in [-0.25, -0.2) is 0 Å². The van der Waals surface area contributed by atoms with E-state index in [1.807, 2.05) is 18.2 Å². The van der Waals surface area contributed by atoms with Crippen molar-refractivity contribution in [3.8, 4) is 0 Å². The topological polar surface area (TPSA) is 83.5 Å². The van der Waals surface area contributed by atoms with E-state index in [-0.39, 0.29) is 35.2 Å². The Morgan fingerprint density at radius 1 is 0.828 bits per heavy atom. The first-order valence-corrected chi connectivity index (χ1v) is 10.1. The molecule has 0 heterocycles. The van der Waals surface area contributed by atoms with E-state index in [1.165, 1.54) is 17.8 Å². The van der Waals surface area contributed by atoms with Gasteiger partial charge in [0.2, 0.25) is 0 Å². The molecule has 2 N–H and O–H groups in total. The lowest BCUT2D eigenvalue weighted by molar-refractivity contribution is 0.0975. The molecular formula is C23H17NO4S. The molecule has 1 aliphatic rings. The monoisotopic (exact) mass is 403 g/mol. The van der Waals surface area contributed by atoms with E-state index >= 15 is 0 Å². The van der Waals surface area contributed by atoms with Gasteiger partial charge in [0.15, 0.2) is 11.6 Å². The van der Waals surface area contributed by atoms with Gasteiger partial charge >= 0.3 is 0 Å². The summed E-state index contributed by atoms with van der Waals surface area (Å²) in [6.45, 7) is -0.118. The number of rotatable bonds is 5. The van der Waals surface area contributed by atoms with Gasteiger partial charge in [-0.15, -0.1) is 11.8 Å². The van der Waals surface area contributed by atoms with Crippen molar-refractivity contribution < 1.29 is 19.5 Å². The summed E-state index contributed by atoms with van der Waals surface area (Å²) in [5, 5.41) is 12.1. The van der Waals surface area contributed by atoms with Crippen molar-refractivity contribution in [1.82, 2.24) is 0 Å². The largest absolute Gasteiger partial charge is 0.396 e. The van der Waals surface area contributed by atoms with Gasteiger partial charge in [0.05, 0.1) is 12.2 Å². The number of carbonyl (C=O) groups excluding carboxylic acids is 3. The van der Waals surface area contributed by atoms with Crippen molar-refractivity contribution in [3.63, 3.8) is 0 Å². The number of anilines is 1. The number of hydrogen-bond acceptors (Lipinski definition) is 5. The molecular weight excluding hydrogens is 386 g/mol. The van der Waals surface area contributed by atoms with Gasteiger partial charge in [-0.05, 0) is 24.3 Å². The summed E-state index contributed by atoms with van der Waals surface area (Å²) in [6.07, 6.45) is 0. The normalized spacial score (nSPS) is 12.3. The molecule has 1 aliphatic carbocycles. The Morgan fingerprint density at radius 3 is 2.17 bits per heavy atom. The molecule has 1 amide bonds. The number of aliphatic hydroxyl groups is 1. The van der Waals surface area contributed by atoms with E-state index in [9.17, 15) is 19.5 Å². The van der Waals surface area contributed by atoms with Gasteiger partial charge in [0, 0.05) is 38.6 Å². The Morgan fingerprint density at radius 2 is 1.48 bits per heavy atom. The molecule has 0 unspecified atom stereocenters. The van der Waals surface area contributed by atoms with Gasteiger partial charge in [0.25, 0.3) is 5.91 Å². The zero-order chi connectivity index (χ0) is 20.4. The number of para-hydroxylation sites is 1. The third-order valence-corrected chi connectivity index (χ3v) is 5.76. The summed E-state index contributed by atoms with van der Waals surface area (Å²) in [5.74, 6) is -0.606. The second-order valence-electron chi connectivity index (χ2n) is 6.46. The first kappa shape index (κ1) is 19.1. The van der Waals surface area contributed by atoms with Crippen LogP contribution >= 0.6 is 11.8 Å². The zero-order valence-electron chi connectivity index (χ0n) is 15.3. The number of hydrogen-bond donors (Lipinski definition) is 2. The highest BCUT2D eigenvalue weighted by molar-refractivity contribution is 7.99. The zero-order valence-corrected chi connectivity index (χ0v) is 16.2. The molecule has 0 saturated heterocycles. The smallest absolute Gasteiger partial charge is 0.256 e. The van der Waals surface area contributed by atoms with Crippen LogP contribution in [0.5, 0.6) is 0 Å². The van der Waals surface area contributed by atoms with E-state index in [4.69, 9.17) is 0 Å². The third-order valence-electron chi connectivity index (χ3n) is 4.66. The number of benzene rings is 3. The lowest BCUT2D eigenvalue weighted by Gasteiger charge is -2.22. The third kappa shape index (κ3) is 3.48. The predicted octanol–water partition coefficient (Wildman–Crippen LogP) is 3.80. The number of thioether (sulfide) groups is 1. The van der Waals surface area contributed by atoms with E-state index in [2.05, 4.69) is 5.32 Å². The first-order valence-electron chi connectivity index (χ1n) is 9.07. The van der Waals surface area contributed by atoms with Crippen LogP contribution in [0.2, 0.25) is 0 Å². The summed E-state index contributed by atoms with van der Waals surface area (Å²) in [4.78, 5) is 39.5. The van der Waals surface area contributed by atoms with Crippen molar-refractivity contribution in [2.75, 3.05) is 17.7 Å². The SMILES string of the molecule is O=C(Nc1ccccc1)c1ccc2c(c1SCCO)C(=O)c1ccccc1C2=O. The fourth-order valence-corrected chi connectivity index (χ4v) is 4.31. The van der Waals surface area contributed by atoms with Gasteiger partial charge in [-0.3, -0.25) is 14.4 Å². The molecule has 5 nitrogen and oxygen atoms in total. The van der Waals surface area contributed by atoms with Crippen LogP contribution in [0.3, 0.4) is 0 Å². The quantitative estimate of drug-likeness (QED) is 0.495. The molecule has 144 valence electrons. The van der Waals surface area contributed by atoms with Crippen LogP contribution in [0.25, 0.3) is 0 Å². The van der Waals surface area contributed by atoms with Crippen LogP contribution in [0.15, 0.2) is 71.6 Å². The van der Waals surface area contributed by atoms with Crippen LogP contribution in [0.1, 0.15) is 42.2 Å². The molecule has 0 fully saturated rings. The molecule has 3 aromatic rings. The number of carbonyl (C=O) groups is 3. The predicted molar refractivity (Wildman–Crippen MR) is 112 cm³/mol. The molecule has 0 atom stereocenters.